The molecule has 0 aromatic heterocycles. The summed E-state index contributed by atoms with van der Waals surface area (Å²) in [5.41, 5.74) is 1.46. The van der Waals surface area contributed by atoms with Crippen molar-refractivity contribution in [3.63, 3.8) is 0 Å². The van der Waals surface area contributed by atoms with E-state index < -0.39 is 29.5 Å². The standard InChI is InChI=1S/C29H27NO8/c31-17-25(18-32)38-24-13-7-21(8-14-24)30-29(37)28(26(35)15-5-19-1-9-22(33)10-2-19)27(36)16-6-20-3-11-23(34)12-4-20/h1-16,25,28,31-34H,17-18H2,(H,30,37)/b15-5+,16-6+. The van der Waals surface area contributed by atoms with Crippen molar-refractivity contribution in [1.82, 2.24) is 0 Å². The lowest BCUT2D eigenvalue weighted by atomic mass is 9.95. The van der Waals surface area contributed by atoms with E-state index in [-0.39, 0.29) is 24.7 Å². The highest BCUT2D eigenvalue weighted by molar-refractivity contribution is 6.28. The number of carbonyl (C=O) groups is 3. The van der Waals surface area contributed by atoms with Gasteiger partial charge in [-0.3, -0.25) is 14.4 Å². The Labute approximate surface area is 219 Å². The van der Waals surface area contributed by atoms with Crippen LogP contribution in [0.1, 0.15) is 11.1 Å². The number of nitrogens with one attached hydrogen (secondary N) is 1. The molecule has 0 saturated heterocycles. The number of hydrogen-bond acceptors (Lipinski definition) is 8. The van der Waals surface area contributed by atoms with E-state index >= 15 is 0 Å². The Hall–Kier alpha value is -4.73. The van der Waals surface area contributed by atoms with E-state index in [0.29, 0.717) is 22.6 Å². The number of phenols is 2. The maximum atomic E-state index is 13.1. The van der Waals surface area contributed by atoms with Crippen LogP contribution in [0.2, 0.25) is 0 Å². The van der Waals surface area contributed by atoms with Crippen molar-refractivity contribution < 1.29 is 39.5 Å². The van der Waals surface area contributed by atoms with Gasteiger partial charge in [0.25, 0.3) is 0 Å². The van der Waals surface area contributed by atoms with Gasteiger partial charge in [0, 0.05) is 5.69 Å². The summed E-state index contributed by atoms with van der Waals surface area (Å²) in [7, 11) is 0. The van der Waals surface area contributed by atoms with Crippen LogP contribution in [0.3, 0.4) is 0 Å². The van der Waals surface area contributed by atoms with Crippen LogP contribution in [0, 0.1) is 5.92 Å². The quantitative estimate of drug-likeness (QED) is 0.182. The van der Waals surface area contributed by atoms with E-state index in [2.05, 4.69) is 5.32 Å². The summed E-state index contributed by atoms with van der Waals surface area (Å²) in [6, 6.07) is 18.0. The first-order valence-corrected chi connectivity index (χ1v) is 11.6. The summed E-state index contributed by atoms with van der Waals surface area (Å²) < 4.78 is 5.39. The molecule has 0 unspecified atom stereocenters. The summed E-state index contributed by atoms with van der Waals surface area (Å²) in [6.07, 6.45) is 4.33. The molecule has 0 aliphatic carbocycles. The molecular formula is C29H27NO8. The van der Waals surface area contributed by atoms with E-state index in [4.69, 9.17) is 14.9 Å². The lowest BCUT2D eigenvalue weighted by molar-refractivity contribution is -0.134. The Kier molecular flexibility index (Phi) is 9.93. The molecule has 0 radical (unpaired) electrons. The highest BCUT2D eigenvalue weighted by Gasteiger charge is 2.31. The summed E-state index contributed by atoms with van der Waals surface area (Å²) >= 11 is 0. The molecule has 0 heterocycles. The fraction of sp³-hybridized carbons (Fsp3) is 0.138. The van der Waals surface area contributed by atoms with Crippen LogP contribution in [-0.2, 0) is 14.4 Å². The van der Waals surface area contributed by atoms with Crippen molar-refractivity contribution in [2.45, 2.75) is 6.10 Å². The van der Waals surface area contributed by atoms with Crippen LogP contribution in [-0.4, -0.2) is 57.2 Å². The number of aromatic hydroxyl groups is 2. The maximum absolute atomic E-state index is 13.1. The van der Waals surface area contributed by atoms with Gasteiger partial charge in [-0.05, 0) is 71.8 Å². The number of hydrogen-bond donors (Lipinski definition) is 5. The first kappa shape index (κ1) is 27.9. The smallest absolute Gasteiger partial charge is 0.243 e. The van der Waals surface area contributed by atoms with Crippen LogP contribution in [0.5, 0.6) is 17.2 Å². The number of benzene rings is 3. The Morgan fingerprint density at radius 3 is 1.58 bits per heavy atom. The number of amides is 1. The summed E-state index contributed by atoms with van der Waals surface area (Å²) in [4.78, 5) is 39.1. The van der Waals surface area contributed by atoms with Gasteiger partial charge >= 0.3 is 0 Å². The topological polar surface area (TPSA) is 153 Å². The third-order valence-corrected chi connectivity index (χ3v) is 5.33. The van der Waals surface area contributed by atoms with Crippen molar-refractivity contribution in [2.24, 2.45) is 5.92 Å². The molecule has 0 fully saturated rings. The molecular weight excluding hydrogens is 490 g/mol. The van der Waals surface area contributed by atoms with Crippen molar-refractivity contribution in [1.29, 1.82) is 0 Å². The molecule has 0 atom stereocenters. The molecule has 0 saturated carbocycles. The molecule has 0 aliphatic heterocycles. The molecule has 0 bridgehead atoms. The van der Waals surface area contributed by atoms with Gasteiger partial charge in [-0.25, -0.2) is 0 Å². The zero-order chi connectivity index (χ0) is 27.5. The third-order valence-electron chi connectivity index (χ3n) is 5.33. The first-order chi connectivity index (χ1) is 18.3. The second kappa shape index (κ2) is 13.5. The SMILES string of the molecule is O=C(/C=C/c1ccc(O)cc1)C(C(=O)/C=C/c1ccc(O)cc1)C(=O)Nc1ccc(OC(CO)CO)cc1. The normalized spacial score (nSPS) is 11.4. The van der Waals surface area contributed by atoms with Crippen LogP contribution < -0.4 is 10.1 Å². The minimum absolute atomic E-state index is 0.0555. The van der Waals surface area contributed by atoms with E-state index in [0.717, 1.165) is 12.2 Å². The van der Waals surface area contributed by atoms with Crippen molar-refractivity contribution in [2.75, 3.05) is 18.5 Å². The van der Waals surface area contributed by atoms with Gasteiger partial charge in [0.05, 0.1) is 13.2 Å². The molecule has 1 amide bonds. The number of aliphatic hydroxyl groups is 2. The van der Waals surface area contributed by atoms with E-state index in [1.54, 1.807) is 24.3 Å². The van der Waals surface area contributed by atoms with Crippen molar-refractivity contribution in [3.05, 3.63) is 96.1 Å². The lowest BCUT2D eigenvalue weighted by Crippen LogP contribution is -2.34. The Bertz CT molecular complexity index is 1220. The zero-order valence-electron chi connectivity index (χ0n) is 20.2. The minimum Gasteiger partial charge on any atom is -0.508 e. The number of phenolic OH excluding ortho intramolecular Hbond substituents is 2. The van der Waals surface area contributed by atoms with E-state index in [1.165, 1.54) is 60.7 Å². The van der Waals surface area contributed by atoms with Crippen LogP contribution in [0.4, 0.5) is 5.69 Å². The van der Waals surface area contributed by atoms with Crippen LogP contribution in [0.15, 0.2) is 84.9 Å². The van der Waals surface area contributed by atoms with E-state index in [1.807, 2.05) is 0 Å². The minimum atomic E-state index is -1.68. The lowest BCUT2D eigenvalue weighted by Gasteiger charge is -2.15. The average Bonchev–Trinajstić information content (AvgIpc) is 2.92. The fourth-order valence-corrected chi connectivity index (χ4v) is 3.27. The summed E-state index contributed by atoms with van der Waals surface area (Å²) in [6.45, 7) is -0.758. The maximum Gasteiger partial charge on any atom is 0.243 e. The van der Waals surface area contributed by atoms with Gasteiger partial charge in [0.2, 0.25) is 5.91 Å². The molecule has 0 spiro atoms. The van der Waals surface area contributed by atoms with Crippen LogP contribution >= 0.6 is 0 Å². The van der Waals surface area contributed by atoms with Crippen LogP contribution in [0.25, 0.3) is 12.2 Å². The van der Waals surface area contributed by atoms with Crippen molar-refractivity contribution in [3.8, 4) is 17.2 Å². The van der Waals surface area contributed by atoms with Gasteiger partial charge in [-0.2, -0.15) is 0 Å². The zero-order valence-corrected chi connectivity index (χ0v) is 20.2. The summed E-state index contributed by atoms with van der Waals surface area (Å²) in [5, 5.41) is 39.7. The number of aliphatic hydroxyl groups excluding tert-OH is 2. The van der Waals surface area contributed by atoms with Crippen molar-refractivity contribution >= 4 is 35.3 Å². The Morgan fingerprint density at radius 1 is 0.711 bits per heavy atom. The van der Waals surface area contributed by atoms with Gasteiger partial charge in [0.15, 0.2) is 17.5 Å². The van der Waals surface area contributed by atoms with Gasteiger partial charge in [-0.1, -0.05) is 36.4 Å². The monoisotopic (exact) mass is 517 g/mol. The number of anilines is 1. The third kappa shape index (κ3) is 8.16. The number of ether oxygens (including phenoxy) is 1. The molecule has 38 heavy (non-hydrogen) atoms. The predicted octanol–water partition coefficient (Wildman–Crippen LogP) is 2.95. The Morgan fingerprint density at radius 2 is 1.16 bits per heavy atom. The molecule has 5 N–H and O–H groups in total. The molecule has 0 aliphatic rings. The highest BCUT2D eigenvalue weighted by Crippen LogP contribution is 2.19. The molecule has 3 rings (SSSR count). The second-order valence-electron chi connectivity index (χ2n) is 8.21. The predicted molar refractivity (Wildman–Crippen MR) is 141 cm³/mol. The summed E-state index contributed by atoms with van der Waals surface area (Å²) in [5.74, 6) is -3.56. The fourth-order valence-electron chi connectivity index (χ4n) is 3.27. The molecule has 9 nitrogen and oxygen atoms in total. The Balaban J connectivity index is 1.79. The largest absolute Gasteiger partial charge is 0.508 e. The average molecular weight is 518 g/mol. The number of ketones is 2. The van der Waals surface area contributed by atoms with Gasteiger partial charge < -0.3 is 30.5 Å². The van der Waals surface area contributed by atoms with Gasteiger partial charge in [-0.15, -0.1) is 0 Å². The molecule has 9 heteroatoms. The van der Waals surface area contributed by atoms with E-state index in [9.17, 15) is 24.6 Å². The van der Waals surface area contributed by atoms with Gasteiger partial charge in [0.1, 0.15) is 23.4 Å². The first-order valence-electron chi connectivity index (χ1n) is 11.6. The second-order valence-corrected chi connectivity index (χ2v) is 8.21. The molecule has 196 valence electrons. The molecule has 3 aromatic rings. The molecule has 3 aromatic carbocycles. The number of carbonyl (C=O) groups excluding carboxylic acids is 3. The number of rotatable bonds is 12. The highest BCUT2D eigenvalue weighted by atomic mass is 16.5. The number of allylic oxidation sites excluding steroid dienone is 2.